The number of aromatic nitrogens is 6. The Labute approximate surface area is 117 Å². The number of rotatable bonds is 4. The highest BCUT2D eigenvalue weighted by atomic mass is 19.1. The van der Waals surface area contributed by atoms with Crippen LogP contribution in [0.25, 0.3) is 5.95 Å². The van der Waals surface area contributed by atoms with Crippen molar-refractivity contribution >= 4 is 5.95 Å². The first-order valence-electron chi connectivity index (χ1n) is 5.76. The lowest BCUT2D eigenvalue weighted by Gasteiger charge is -2.07. The molecule has 0 radical (unpaired) electrons. The second kappa shape index (κ2) is 5.46. The lowest BCUT2D eigenvalue weighted by molar-refractivity contribution is 0.434. The number of anilines is 1. The van der Waals surface area contributed by atoms with Crippen molar-refractivity contribution in [1.29, 1.82) is 0 Å². The van der Waals surface area contributed by atoms with Crippen LogP contribution in [0.4, 0.5) is 10.3 Å². The van der Waals surface area contributed by atoms with Gasteiger partial charge in [0.05, 0.1) is 0 Å². The van der Waals surface area contributed by atoms with Crippen molar-refractivity contribution in [3.05, 3.63) is 42.7 Å². The van der Waals surface area contributed by atoms with E-state index < -0.39 is 5.82 Å². The largest absolute Gasteiger partial charge is 0.424 e. The van der Waals surface area contributed by atoms with Crippen molar-refractivity contribution in [1.82, 2.24) is 29.7 Å². The zero-order chi connectivity index (χ0) is 14.7. The van der Waals surface area contributed by atoms with Gasteiger partial charge in [0, 0.05) is 6.07 Å². The Morgan fingerprint density at radius 1 is 1.24 bits per heavy atom. The van der Waals surface area contributed by atoms with Crippen LogP contribution in [-0.4, -0.2) is 29.7 Å². The molecule has 3 rings (SSSR count). The Morgan fingerprint density at radius 3 is 2.86 bits per heavy atom. The molecule has 106 valence electrons. The van der Waals surface area contributed by atoms with E-state index in [1.807, 2.05) is 0 Å². The third kappa shape index (κ3) is 2.90. The maximum Gasteiger partial charge on any atom is 0.328 e. The highest BCUT2D eigenvalue weighted by molar-refractivity contribution is 5.31. The van der Waals surface area contributed by atoms with E-state index in [9.17, 15) is 4.39 Å². The molecular formula is C11H9FN8O. The topological polar surface area (TPSA) is 117 Å². The second-order valence-corrected chi connectivity index (χ2v) is 3.79. The Balaban J connectivity index is 1.96. The molecule has 0 saturated carbocycles. The van der Waals surface area contributed by atoms with Crippen molar-refractivity contribution in [2.45, 2.75) is 0 Å². The van der Waals surface area contributed by atoms with E-state index in [4.69, 9.17) is 10.6 Å². The quantitative estimate of drug-likeness (QED) is 0.531. The predicted octanol–water partition coefficient (Wildman–Crippen LogP) is 0.669. The molecule has 0 aliphatic rings. The number of benzene rings is 1. The van der Waals surface area contributed by atoms with Crippen LogP contribution in [0.3, 0.4) is 0 Å². The third-order valence-electron chi connectivity index (χ3n) is 2.36. The Hall–Kier alpha value is -3.14. The summed E-state index contributed by atoms with van der Waals surface area (Å²) in [6.07, 6.45) is 2.73. The molecule has 1 aromatic carbocycles. The number of ether oxygens (including phenoxy) is 1. The van der Waals surface area contributed by atoms with E-state index in [2.05, 4.69) is 30.5 Å². The number of hydrazine groups is 1. The second-order valence-electron chi connectivity index (χ2n) is 3.79. The van der Waals surface area contributed by atoms with Crippen LogP contribution in [0.1, 0.15) is 0 Å². The van der Waals surface area contributed by atoms with Gasteiger partial charge in [0.2, 0.25) is 5.95 Å². The van der Waals surface area contributed by atoms with Crippen molar-refractivity contribution in [3.63, 3.8) is 0 Å². The molecule has 3 N–H and O–H groups in total. The molecule has 10 heteroatoms. The molecule has 21 heavy (non-hydrogen) atoms. The zero-order valence-electron chi connectivity index (χ0n) is 10.5. The molecule has 9 nitrogen and oxygen atoms in total. The molecule has 0 fully saturated rings. The summed E-state index contributed by atoms with van der Waals surface area (Å²) in [7, 11) is 0. The third-order valence-corrected chi connectivity index (χ3v) is 2.36. The molecule has 0 amide bonds. The Bertz CT molecular complexity index is 748. The molecule has 0 aliphatic carbocycles. The fourth-order valence-corrected chi connectivity index (χ4v) is 1.51. The van der Waals surface area contributed by atoms with Gasteiger partial charge in [-0.15, -0.1) is 0 Å². The van der Waals surface area contributed by atoms with Crippen LogP contribution in [0.2, 0.25) is 0 Å². The van der Waals surface area contributed by atoms with Crippen molar-refractivity contribution < 1.29 is 9.13 Å². The summed E-state index contributed by atoms with van der Waals surface area (Å²) in [5, 5.41) is 3.89. The van der Waals surface area contributed by atoms with Gasteiger partial charge in [-0.2, -0.15) is 24.7 Å². The van der Waals surface area contributed by atoms with Crippen LogP contribution >= 0.6 is 0 Å². The molecule has 0 spiro atoms. The van der Waals surface area contributed by atoms with Crippen molar-refractivity contribution in [3.8, 4) is 17.7 Å². The van der Waals surface area contributed by atoms with Gasteiger partial charge in [-0.1, -0.05) is 6.07 Å². The van der Waals surface area contributed by atoms with Crippen LogP contribution in [0, 0.1) is 5.82 Å². The number of nitrogens with one attached hydrogen (secondary N) is 1. The predicted molar refractivity (Wildman–Crippen MR) is 69.0 cm³/mol. The van der Waals surface area contributed by atoms with Gasteiger partial charge < -0.3 is 4.74 Å². The summed E-state index contributed by atoms with van der Waals surface area (Å²) < 4.78 is 19.8. The number of hydrogen-bond donors (Lipinski definition) is 2. The number of nitrogen functional groups attached to an aromatic ring is 1. The lowest BCUT2D eigenvalue weighted by atomic mass is 10.3. The van der Waals surface area contributed by atoms with Crippen molar-refractivity contribution in [2.24, 2.45) is 5.84 Å². The Morgan fingerprint density at radius 2 is 2.14 bits per heavy atom. The van der Waals surface area contributed by atoms with Crippen LogP contribution in [-0.2, 0) is 0 Å². The number of hydrogen-bond acceptors (Lipinski definition) is 8. The maximum atomic E-state index is 13.1. The standard InChI is InChI=1S/C11H9FN8O/c12-7-2-1-3-8(4-7)21-11-17-9(19-13)16-10(18-11)20-6-14-5-15-20/h1-6H,13H2,(H,16,17,18,19). The molecule has 2 heterocycles. The highest BCUT2D eigenvalue weighted by Gasteiger charge is 2.10. The first-order chi connectivity index (χ1) is 10.2. The molecule has 2 aromatic heterocycles. The van der Waals surface area contributed by atoms with E-state index in [1.165, 1.54) is 35.5 Å². The number of halogens is 1. The average Bonchev–Trinajstić information content (AvgIpc) is 3.01. The lowest BCUT2D eigenvalue weighted by Crippen LogP contribution is -2.14. The van der Waals surface area contributed by atoms with Crippen molar-refractivity contribution in [2.75, 3.05) is 5.43 Å². The van der Waals surface area contributed by atoms with Gasteiger partial charge in [-0.3, -0.25) is 5.43 Å². The summed E-state index contributed by atoms with van der Waals surface area (Å²) in [4.78, 5) is 15.8. The van der Waals surface area contributed by atoms with E-state index in [-0.39, 0.29) is 23.7 Å². The van der Waals surface area contributed by atoms with E-state index in [0.29, 0.717) is 0 Å². The minimum absolute atomic E-state index is 0.0611. The monoisotopic (exact) mass is 288 g/mol. The van der Waals surface area contributed by atoms with Crippen LogP contribution in [0.5, 0.6) is 11.8 Å². The molecular weight excluding hydrogens is 279 g/mol. The van der Waals surface area contributed by atoms with Gasteiger partial charge in [-0.25, -0.2) is 15.2 Å². The molecule has 0 atom stereocenters. The summed E-state index contributed by atoms with van der Waals surface area (Å²) >= 11 is 0. The SMILES string of the molecule is NNc1nc(Oc2cccc(F)c2)nc(-n2cncn2)n1. The number of nitrogens with zero attached hydrogens (tertiary/aromatic N) is 6. The molecule has 0 saturated heterocycles. The summed E-state index contributed by atoms with van der Waals surface area (Å²) in [5.41, 5.74) is 2.29. The molecule has 3 aromatic rings. The smallest absolute Gasteiger partial charge is 0.328 e. The fraction of sp³-hybridized carbons (Fsp3) is 0. The molecule has 0 aliphatic heterocycles. The minimum atomic E-state index is -0.435. The van der Waals surface area contributed by atoms with E-state index in [1.54, 1.807) is 6.07 Å². The fourth-order valence-electron chi connectivity index (χ4n) is 1.51. The van der Waals surface area contributed by atoms with E-state index >= 15 is 0 Å². The minimum Gasteiger partial charge on any atom is -0.424 e. The zero-order valence-corrected chi connectivity index (χ0v) is 10.5. The van der Waals surface area contributed by atoms with Gasteiger partial charge >= 0.3 is 6.01 Å². The van der Waals surface area contributed by atoms with Gasteiger partial charge in [0.1, 0.15) is 24.2 Å². The highest BCUT2D eigenvalue weighted by Crippen LogP contribution is 2.19. The summed E-state index contributed by atoms with van der Waals surface area (Å²) in [5.74, 6) is 5.33. The van der Waals surface area contributed by atoms with E-state index in [0.717, 1.165) is 0 Å². The summed E-state index contributed by atoms with van der Waals surface area (Å²) in [6.45, 7) is 0. The van der Waals surface area contributed by atoms with Crippen LogP contribution < -0.4 is 16.0 Å². The molecule has 0 unspecified atom stereocenters. The first-order valence-corrected chi connectivity index (χ1v) is 5.76. The van der Waals surface area contributed by atoms with Gasteiger partial charge in [0.15, 0.2) is 0 Å². The normalized spacial score (nSPS) is 10.4. The Kier molecular flexibility index (Phi) is 3.35. The van der Waals surface area contributed by atoms with Gasteiger partial charge in [0.25, 0.3) is 5.95 Å². The average molecular weight is 288 g/mol. The number of nitrogens with two attached hydrogens (primary N) is 1. The molecule has 0 bridgehead atoms. The van der Waals surface area contributed by atoms with Gasteiger partial charge in [-0.05, 0) is 12.1 Å². The summed E-state index contributed by atoms with van der Waals surface area (Å²) in [6, 6.07) is 5.51. The first kappa shape index (κ1) is 12.9. The van der Waals surface area contributed by atoms with Crippen LogP contribution in [0.15, 0.2) is 36.9 Å². The maximum absolute atomic E-state index is 13.1.